The summed E-state index contributed by atoms with van der Waals surface area (Å²) in [4.78, 5) is 32.4. The molecule has 0 bridgehead atoms. The van der Waals surface area contributed by atoms with Gasteiger partial charge in [0.05, 0.1) is 5.69 Å². The molecule has 0 radical (unpaired) electrons. The van der Waals surface area contributed by atoms with Crippen molar-refractivity contribution in [2.45, 2.75) is 20.3 Å². The SMILES string of the molecule is CCN1CCN(c2ccc(NC(=O)C3CCN(c4ccccc4Br)C3=O)c(C)c2)CC1. The molecule has 2 amide bonds. The molecular formula is C24H29BrN4O2. The molecule has 2 fully saturated rings. The standard InChI is InChI=1S/C24H29BrN4O2/c1-3-27-12-14-28(15-13-27)18-8-9-21(17(2)16-18)26-23(30)19-10-11-29(24(19)31)22-7-5-4-6-20(22)25/h4-9,16,19H,3,10-15H2,1-2H3,(H,26,30). The second kappa shape index (κ2) is 9.40. The Kier molecular flexibility index (Phi) is 6.62. The van der Waals surface area contributed by atoms with E-state index < -0.39 is 5.92 Å². The average Bonchev–Trinajstić information content (AvgIpc) is 3.16. The van der Waals surface area contributed by atoms with Crippen molar-refractivity contribution in [3.8, 4) is 0 Å². The quantitative estimate of drug-likeness (QED) is 0.654. The summed E-state index contributed by atoms with van der Waals surface area (Å²) in [5.41, 5.74) is 3.78. The Labute approximate surface area is 192 Å². The number of rotatable bonds is 5. The topological polar surface area (TPSA) is 55.9 Å². The Morgan fingerprint density at radius 3 is 2.52 bits per heavy atom. The second-order valence-electron chi connectivity index (χ2n) is 8.19. The van der Waals surface area contributed by atoms with Gasteiger partial charge in [0.2, 0.25) is 11.8 Å². The number of anilines is 3. The van der Waals surface area contributed by atoms with Gasteiger partial charge in [0.25, 0.3) is 0 Å². The van der Waals surface area contributed by atoms with Crippen LogP contribution in [0.4, 0.5) is 17.1 Å². The molecule has 31 heavy (non-hydrogen) atoms. The van der Waals surface area contributed by atoms with Gasteiger partial charge in [-0.2, -0.15) is 0 Å². The third kappa shape index (κ3) is 4.62. The Morgan fingerprint density at radius 2 is 1.84 bits per heavy atom. The van der Waals surface area contributed by atoms with E-state index in [0.717, 1.165) is 54.1 Å². The Balaban J connectivity index is 1.41. The molecule has 164 valence electrons. The number of halogens is 1. The van der Waals surface area contributed by atoms with Crippen molar-refractivity contribution in [3.05, 3.63) is 52.5 Å². The minimum absolute atomic E-state index is 0.146. The van der Waals surface area contributed by atoms with E-state index in [1.165, 1.54) is 5.69 Å². The molecule has 7 heteroatoms. The van der Waals surface area contributed by atoms with Crippen molar-refractivity contribution in [2.24, 2.45) is 5.92 Å². The van der Waals surface area contributed by atoms with Gasteiger partial charge >= 0.3 is 0 Å². The van der Waals surface area contributed by atoms with Gasteiger partial charge in [-0.25, -0.2) is 0 Å². The van der Waals surface area contributed by atoms with Gasteiger partial charge in [0, 0.05) is 48.6 Å². The third-order valence-electron chi connectivity index (χ3n) is 6.32. The van der Waals surface area contributed by atoms with Crippen LogP contribution in [0.5, 0.6) is 0 Å². The van der Waals surface area contributed by atoms with Crippen LogP contribution in [-0.2, 0) is 9.59 Å². The van der Waals surface area contributed by atoms with Crippen molar-refractivity contribution in [1.82, 2.24) is 4.90 Å². The van der Waals surface area contributed by atoms with Gasteiger partial charge in [0.1, 0.15) is 5.92 Å². The fourth-order valence-corrected chi connectivity index (χ4v) is 4.86. The Morgan fingerprint density at radius 1 is 1.10 bits per heavy atom. The summed E-state index contributed by atoms with van der Waals surface area (Å²) in [7, 11) is 0. The van der Waals surface area contributed by atoms with Crippen LogP contribution >= 0.6 is 15.9 Å². The summed E-state index contributed by atoms with van der Waals surface area (Å²) in [5.74, 6) is -1.03. The summed E-state index contributed by atoms with van der Waals surface area (Å²) in [6, 6.07) is 13.8. The van der Waals surface area contributed by atoms with Crippen LogP contribution < -0.4 is 15.1 Å². The van der Waals surface area contributed by atoms with Crippen LogP contribution in [-0.4, -0.2) is 56.0 Å². The number of nitrogens with one attached hydrogen (secondary N) is 1. The van der Waals surface area contributed by atoms with Crippen molar-refractivity contribution >= 4 is 44.8 Å². The highest BCUT2D eigenvalue weighted by atomic mass is 79.9. The van der Waals surface area contributed by atoms with Crippen molar-refractivity contribution in [2.75, 3.05) is 54.4 Å². The van der Waals surface area contributed by atoms with Crippen LogP contribution in [0.2, 0.25) is 0 Å². The maximum absolute atomic E-state index is 12.9. The summed E-state index contributed by atoms with van der Waals surface area (Å²) < 4.78 is 0.857. The fourth-order valence-electron chi connectivity index (χ4n) is 4.36. The van der Waals surface area contributed by atoms with Gasteiger partial charge in [-0.05, 0) is 71.7 Å². The molecule has 6 nitrogen and oxygen atoms in total. The largest absolute Gasteiger partial charge is 0.369 e. The highest BCUT2D eigenvalue weighted by Crippen LogP contribution is 2.32. The lowest BCUT2D eigenvalue weighted by Gasteiger charge is -2.35. The van der Waals surface area contributed by atoms with Crippen LogP contribution in [0.25, 0.3) is 0 Å². The zero-order valence-electron chi connectivity index (χ0n) is 18.1. The summed E-state index contributed by atoms with van der Waals surface area (Å²) in [5, 5.41) is 2.99. The van der Waals surface area contributed by atoms with Crippen LogP contribution in [0.15, 0.2) is 46.9 Å². The van der Waals surface area contributed by atoms with Gasteiger partial charge in [-0.15, -0.1) is 0 Å². The summed E-state index contributed by atoms with van der Waals surface area (Å²) >= 11 is 3.50. The molecular weight excluding hydrogens is 456 g/mol. The zero-order valence-corrected chi connectivity index (χ0v) is 19.7. The molecule has 0 aromatic heterocycles. The van der Waals surface area contributed by atoms with E-state index in [4.69, 9.17) is 0 Å². The summed E-state index contributed by atoms with van der Waals surface area (Å²) in [6.45, 7) is 10.0. The van der Waals surface area contributed by atoms with Gasteiger partial charge < -0.3 is 20.0 Å². The molecule has 2 aliphatic heterocycles. The Bertz CT molecular complexity index is 972. The van der Waals surface area contributed by atoms with Crippen LogP contribution in [0.3, 0.4) is 0 Å². The van der Waals surface area contributed by atoms with Gasteiger partial charge in [-0.1, -0.05) is 19.1 Å². The first-order valence-electron chi connectivity index (χ1n) is 10.9. The molecule has 2 heterocycles. The molecule has 2 aliphatic rings. The van der Waals surface area contributed by atoms with Gasteiger partial charge in [0.15, 0.2) is 0 Å². The van der Waals surface area contributed by atoms with Crippen molar-refractivity contribution in [1.29, 1.82) is 0 Å². The predicted octanol–water partition coefficient (Wildman–Crippen LogP) is 3.89. The molecule has 1 unspecified atom stereocenters. The number of piperazine rings is 1. The summed E-state index contributed by atoms with van der Waals surface area (Å²) in [6.07, 6.45) is 0.519. The van der Waals surface area contributed by atoms with Crippen LogP contribution in [0.1, 0.15) is 18.9 Å². The lowest BCUT2D eigenvalue weighted by Crippen LogP contribution is -2.46. The number of hydrogen-bond acceptors (Lipinski definition) is 4. The highest BCUT2D eigenvalue weighted by molar-refractivity contribution is 9.10. The molecule has 1 atom stereocenters. The molecule has 4 rings (SSSR count). The van der Waals surface area contributed by atoms with E-state index in [1.807, 2.05) is 37.3 Å². The fraction of sp³-hybridized carbons (Fsp3) is 0.417. The number of amides is 2. The van der Waals surface area contributed by atoms with Crippen molar-refractivity contribution in [3.63, 3.8) is 0 Å². The number of hydrogen-bond donors (Lipinski definition) is 1. The van der Waals surface area contributed by atoms with E-state index >= 15 is 0 Å². The normalized spacial score (nSPS) is 19.7. The number of likely N-dealkylation sites (N-methyl/N-ethyl adjacent to an activating group) is 1. The minimum atomic E-state index is -0.659. The van der Waals surface area contributed by atoms with E-state index in [-0.39, 0.29) is 11.8 Å². The molecule has 2 aromatic carbocycles. The first-order chi connectivity index (χ1) is 15.0. The van der Waals surface area contributed by atoms with E-state index in [1.54, 1.807) is 4.90 Å². The lowest BCUT2D eigenvalue weighted by atomic mass is 10.1. The third-order valence-corrected chi connectivity index (χ3v) is 6.99. The molecule has 2 aromatic rings. The minimum Gasteiger partial charge on any atom is -0.369 e. The molecule has 0 saturated carbocycles. The average molecular weight is 485 g/mol. The van der Waals surface area contributed by atoms with Crippen molar-refractivity contribution < 1.29 is 9.59 Å². The highest BCUT2D eigenvalue weighted by Gasteiger charge is 2.38. The number of aryl methyl sites for hydroxylation is 1. The number of nitrogens with zero attached hydrogens (tertiary/aromatic N) is 3. The van der Waals surface area contributed by atoms with Crippen LogP contribution in [0, 0.1) is 12.8 Å². The van der Waals surface area contributed by atoms with E-state index in [0.29, 0.717) is 13.0 Å². The van der Waals surface area contributed by atoms with E-state index in [2.05, 4.69) is 50.1 Å². The Hall–Kier alpha value is -2.38. The van der Waals surface area contributed by atoms with E-state index in [9.17, 15) is 9.59 Å². The molecule has 2 saturated heterocycles. The number of carbonyl (C=O) groups excluding carboxylic acids is 2. The van der Waals surface area contributed by atoms with Gasteiger partial charge in [-0.3, -0.25) is 9.59 Å². The second-order valence-corrected chi connectivity index (χ2v) is 9.05. The molecule has 1 N–H and O–H groups in total. The molecule has 0 spiro atoms. The maximum atomic E-state index is 12.9. The number of benzene rings is 2. The molecule has 0 aliphatic carbocycles. The number of carbonyl (C=O) groups is 2. The number of para-hydroxylation sites is 1. The first-order valence-corrected chi connectivity index (χ1v) is 11.7. The monoisotopic (exact) mass is 484 g/mol. The predicted molar refractivity (Wildman–Crippen MR) is 129 cm³/mol. The lowest BCUT2D eigenvalue weighted by molar-refractivity contribution is -0.129. The zero-order chi connectivity index (χ0) is 22.0. The first kappa shape index (κ1) is 21.8. The smallest absolute Gasteiger partial charge is 0.239 e. The maximum Gasteiger partial charge on any atom is 0.239 e.